The Kier molecular flexibility index (Phi) is 6.41. The van der Waals surface area contributed by atoms with E-state index in [9.17, 15) is 4.79 Å². The minimum absolute atomic E-state index is 0.142. The molecule has 0 unspecified atom stereocenters. The van der Waals surface area contributed by atoms with Crippen molar-refractivity contribution in [3.63, 3.8) is 0 Å². The van der Waals surface area contributed by atoms with E-state index in [1.165, 1.54) is 5.56 Å². The van der Waals surface area contributed by atoms with E-state index in [0.717, 1.165) is 51.4 Å². The van der Waals surface area contributed by atoms with Gasteiger partial charge in [0.15, 0.2) is 0 Å². The van der Waals surface area contributed by atoms with Crippen molar-refractivity contribution >= 4 is 5.97 Å². The fraction of sp³-hybridized carbons (Fsp3) is 0.500. The number of carbonyl (C=O) groups is 1. The van der Waals surface area contributed by atoms with Crippen molar-refractivity contribution < 1.29 is 9.90 Å². The predicted molar refractivity (Wildman–Crippen MR) is 101 cm³/mol. The second-order valence-electron chi connectivity index (χ2n) is 6.92. The molecule has 0 bridgehead atoms. The maximum absolute atomic E-state index is 11.0. The number of nitrogens with zero attached hydrogens (tertiary/aromatic N) is 4. The molecule has 0 spiro atoms. The Morgan fingerprint density at radius 3 is 2.62 bits per heavy atom. The largest absolute Gasteiger partial charge is 0.480 e. The fourth-order valence-corrected chi connectivity index (χ4v) is 3.73. The van der Waals surface area contributed by atoms with Crippen molar-refractivity contribution in [2.45, 2.75) is 38.9 Å². The van der Waals surface area contributed by atoms with Gasteiger partial charge in [0.1, 0.15) is 5.82 Å². The Labute approximate surface area is 155 Å². The number of hydrogen-bond acceptors (Lipinski definition) is 4. The van der Waals surface area contributed by atoms with Crippen LogP contribution in [0.3, 0.4) is 0 Å². The van der Waals surface area contributed by atoms with Crippen LogP contribution in [0.2, 0.25) is 0 Å². The number of imidazole rings is 1. The molecular weight excluding hydrogens is 328 g/mol. The highest BCUT2D eigenvalue weighted by Crippen LogP contribution is 2.18. The molecule has 2 aromatic rings. The van der Waals surface area contributed by atoms with Crippen molar-refractivity contribution in [1.29, 1.82) is 0 Å². The molecule has 6 nitrogen and oxygen atoms in total. The minimum Gasteiger partial charge on any atom is -0.480 e. The van der Waals surface area contributed by atoms with Gasteiger partial charge in [-0.05, 0) is 24.9 Å². The lowest BCUT2D eigenvalue weighted by molar-refractivity contribution is -0.139. The summed E-state index contributed by atoms with van der Waals surface area (Å²) in [5.41, 5.74) is 1.28. The van der Waals surface area contributed by atoms with Crippen LogP contribution in [-0.4, -0.2) is 62.6 Å². The number of aliphatic carboxylic acids is 1. The number of likely N-dealkylation sites (N-methyl/N-ethyl adjacent to an activating group) is 1. The smallest absolute Gasteiger partial charge is 0.317 e. The maximum atomic E-state index is 11.0. The van der Waals surface area contributed by atoms with Crippen LogP contribution in [-0.2, 0) is 17.9 Å². The van der Waals surface area contributed by atoms with E-state index in [0.29, 0.717) is 6.04 Å². The third-order valence-electron chi connectivity index (χ3n) is 5.18. The highest BCUT2D eigenvalue weighted by molar-refractivity contribution is 5.69. The van der Waals surface area contributed by atoms with Crippen LogP contribution in [0.5, 0.6) is 0 Å². The number of carboxylic acids is 1. The zero-order chi connectivity index (χ0) is 18.4. The molecule has 1 aliphatic rings. The number of rotatable bonds is 8. The van der Waals surface area contributed by atoms with Crippen molar-refractivity contribution in [2.24, 2.45) is 0 Å². The van der Waals surface area contributed by atoms with Gasteiger partial charge >= 0.3 is 5.97 Å². The highest BCUT2D eigenvalue weighted by atomic mass is 16.4. The number of likely N-dealkylation sites (tertiary alicyclic amines) is 1. The van der Waals surface area contributed by atoms with Gasteiger partial charge in [-0.1, -0.05) is 37.3 Å². The normalized spacial score (nSPS) is 16.2. The molecule has 1 saturated heterocycles. The molecule has 26 heavy (non-hydrogen) atoms. The molecule has 0 amide bonds. The average molecular weight is 356 g/mol. The van der Waals surface area contributed by atoms with Crippen LogP contribution >= 0.6 is 0 Å². The minimum atomic E-state index is -0.739. The van der Waals surface area contributed by atoms with Gasteiger partial charge in [-0.25, -0.2) is 4.98 Å². The van der Waals surface area contributed by atoms with E-state index >= 15 is 0 Å². The van der Waals surface area contributed by atoms with Crippen LogP contribution in [0, 0.1) is 0 Å². The van der Waals surface area contributed by atoms with Gasteiger partial charge < -0.3 is 9.67 Å². The lowest BCUT2D eigenvalue weighted by atomic mass is 10.0. The first kappa shape index (κ1) is 18.6. The molecule has 1 aromatic carbocycles. The topological polar surface area (TPSA) is 61.6 Å². The fourth-order valence-electron chi connectivity index (χ4n) is 3.73. The number of piperidine rings is 1. The lowest BCUT2D eigenvalue weighted by Crippen LogP contribution is -2.46. The molecule has 0 aliphatic carbocycles. The first-order valence-electron chi connectivity index (χ1n) is 9.38. The van der Waals surface area contributed by atoms with E-state index < -0.39 is 5.97 Å². The third-order valence-corrected chi connectivity index (χ3v) is 5.18. The monoisotopic (exact) mass is 356 g/mol. The van der Waals surface area contributed by atoms with Gasteiger partial charge in [0.05, 0.1) is 13.1 Å². The molecule has 1 N–H and O–H groups in total. The summed E-state index contributed by atoms with van der Waals surface area (Å²) in [5.74, 6) is 0.349. The summed E-state index contributed by atoms with van der Waals surface area (Å²) in [5, 5.41) is 9.06. The number of carboxylic acid groups (broad SMARTS) is 1. The maximum Gasteiger partial charge on any atom is 0.317 e. The van der Waals surface area contributed by atoms with E-state index in [1.54, 1.807) is 0 Å². The van der Waals surface area contributed by atoms with Crippen molar-refractivity contribution in [2.75, 3.05) is 26.2 Å². The second-order valence-corrected chi connectivity index (χ2v) is 6.92. The Balaban J connectivity index is 1.54. The number of hydrogen-bond donors (Lipinski definition) is 1. The number of aromatic nitrogens is 2. The van der Waals surface area contributed by atoms with Crippen LogP contribution in [0.25, 0.3) is 0 Å². The van der Waals surface area contributed by atoms with E-state index in [-0.39, 0.29) is 6.54 Å². The molecule has 1 aromatic heterocycles. The summed E-state index contributed by atoms with van der Waals surface area (Å²) >= 11 is 0. The molecular formula is C20H28N4O2. The van der Waals surface area contributed by atoms with Gasteiger partial charge in [0.25, 0.3) is 0 Å². The highest BCUT2D eigenvalue weighted by Gasteiger charge is 2.25. The standard InChI is InChI=1S/C20H28N4O2/c1-2-23(16-20(25)26)18-8-11-22(12-9-18)15-19-21-10-13-24(19)14-17-6-4-3-5-7-17/h3-7,10,13,18H,2,8-9,11-12,14-16H2,1H3,(H,25,26). The molecule has 6 heteroatoms. The summed E-state index contributed by atoms with van der Waals surface area (Å²) in [6.07, 6.45) is 5.94. The van der Waals surface area contributed by atoms with Crippen LogP contribution in [0.1, 0.15) is 31.2 Å². The summed E-state index contributed by atoms with van der Waals surface area (Å²) < 4.78 is 2.21. The van der Waals surface area contributed by atoms with Gasteiger partial charge in [0.2, 0.25) is 0 Å². The van der Waals surface area contributed by atoms with Crippen molar-refractivity contribution in [1.82, 2.24) is 19.4 Å². The molecule has 0 saturated carbocycles. The van der Waals surface area contributed by atoms with E-state index in [1.807, 2.05) is 25.4 Å². The lowest BCUT2D eigenvalue weighted by Gasteiger charge is -2.37. The average Bonchev–Trinajstić information content (AvgIpc) is 3.08. The summed E-state index contributed by atoms with van der Waals surface area (Å²) in [6.45, 7) is 6.63. The third kappa shape index (κ3) is 4.93. The Hall–Kier alpha value is -2.18. The van der Waals surface area contributed by atoms with Gasteiger partial charge in [0, 0.05) is 38.1 Å². The predicted octanol–water partition coefficient (Wildman–Crippen LogP) is 2.30. The van der Waals surface area contributed by atoms with Gasteiger partial charge in [-0.15, -0.1) is 0 Å². The quantitative estimate of drug-likeness (QED) is 0.786. The van der Waals surface area contributed by atoms with Gasteiger partial charge in [-0.3, -0.25) is 14.6 Å². The molecule has 1 fully saturated rings. The van der Waals surface area contributed by atoms with Crippen LogP contribution in [0.15, 0.2) is 42.7 Å². The summed E-state index contributed by atoms with van der Waals surface area (Å²) in [4.78, 5) is 20.1. The molecule has 2 heterocycles. The van der Waals surface area contributed by atoms with Gasteiger partial charge in [-0.2, -0.15) is 0 Å². The van der Waals surface area contributed by atoms with Crippen LogP contribution < -0.4 is 0 Å². The first-order chi connectivity index (χ1) is 12.7. The van der Waals surface area contributed by atoms with Crippen LogP contribution in [0.4, 0.5) is 0 Å². The summed E-state index contributed by atoms with van der Waals surface area (Å²) in [6, 6.07) is 10.8. The Morgan fingerprint density at radius 2 is 1.96 bits per heavy atom. The Bertz CT molecular complexity index is 693. The zero-order valence-electron chi connectivity index (χ0n) is 15.4. The second kappa shape index (κ2) is 8.96. The molecule has 0 radical (unpaired) electrons. The molecule has 0 atom stereocenters. The SMILES string of the molecule is CCN(CC(=O)O)C1CCN(Cc2nccn2Cc2ccccc2)CC1. The molecule has 140 valence electrons. The van der Waals surface area contributed by atoms with Crippen molar-refractivity contribution in [3.05, 3.63) is 54.1 Å². The summed E-state index contributed by atoms with van der Waals surface area (Å²) in [7, 11) is 0. The van der Waals surface area contributed by atoms with Crippen molar-refractivity contribution in [3.8, 4) is 0 Å². The first-order valence-corrected chi connectivity index (χ1v) is 9.38. The molecule has 1 aliphatic heterocycles. The Morgan fingerprint density at radius 1 is 1.23 bits per heavy atom. The molecule has 3 rings (SSSR count). The van der Waals surface area contributed by atoms with E-state index in [4.69, 9.17) is 5.11 Å². The van der Waals surface area contributed by atoms with E-state index in [2.05, 4.69) is 43.6 Å². The number of benzene rings is 1. The zero-order valence-corrected chi connectivity index (χ0v) is 15.4.